The van der Waals surface area contributed by atoms with E-state index in [1.54, 1.807) is 11.0 Å². The highest BCUT2D eigenvalue weighted by Gasteiger charge is 2.47. The zero-order chi connectivity index (χ0) is 17.4. The molecule has 3 rings (SSSR count). The van der Waals surface area contributed by atoms with Crippen LogP contribution in [0.5, 0.6) is 0 Å². The smallest absolute Gasteiger partial charge is 0.251 e. The van der Waals surface area contributed by atoms with Gasteiger partial charge in [-0.1, -0.05) is 31.5 Å². The number of benzene rings is 1. The van der Waals surface area contributed by atoms with Gasteiger partial charge in [0.05, 0.1) is 0 Å². The van der Waals surface area contributed by atoms with Gasteiger partial charge in [0.15, 0.2) is 0 Å². The molecular weight excluding hydrogens is 306 g/mol. The van der Waals surface area contributed by atoms with E-state index in [1.165, 1.54) is 0 Å². The second-order valence-corrected chi connectivity index (χ2v) is 7.01. The van der Waals surface area contributed by atoms with Crippen LogP contribution in [0.25, 0.3) is 0 Å². The number of hydrogen-bond acceptors (Lipinski definition) is 3. The highest BCUT2D eigenvalue weighted by molar-refractivity contribution is 5.98. The summed E-state index contributed by atoms with van der Waals surface area (Å²) in [5.41, 5.74) is 1.61. The average molecular weight is 329 g/mol. The number of piperazine rings is 1. The van der Waals surface area contributed by atoms with Crippen molar-refractivity contribution in [3.63, 3.8) is 0 Å². The van der Waals surface area contributed by atoms with Crippen LogP contribution in [0.2, 0.25) is 0 Å². The molecule has 1 aromatic rings. The summed E-state index contributed by atoms with van der Waals surface area (Å²) >= 11 is 0. The Balaban J connectivity index is 1.69. The minimum Gasteiger partial charge on any atom is -0.347 e. The summed E-state index contributed by atoms with van der Waals surface area (Å²) in [4.78, 5) is 38.8. The molecule has 0 aliphatic carbocycles. The number of aryl methyl sites for hydroxylation is 1. The molecule has 2 heterocycles. The Morgan fingerprint density at radius 1 is 1.33 bits per heavy atom. The maximum atomic E-state index is 12.5. The van der Waals surface area contributed by atoms with E-state index >= 15 is 0 Å². The van der Waals surface area contributed by atoms with Crippen LogP contribution >= 0.6 is 0 Å². The summed E-state index contributed by atoms with van der Waals surface area (Å²) in [5, 5.41) is 5.76. The molecule has 2 N–H and O–H groups in total. The minimum absolute atomic E-state index is 0.0448. The lowest BCUT2D eigenvalue weighted by molar-refractivity contribution is -0.148. The molecule has 6 nitrogen and oxygen atoms in total. The summed E-state index contributed by atoms with van der Waals surface area (Å²) in [7, 11) is 0. The van der Waals surface area contributed by atoms with Crippen LogP contribution in [-0.2, 0) is 9.59 Å². The number of rotatable bonds is 3. The lowest BCUT2D eigenvalue weighted by atomic mass is 9.98. The van der Waals surface area contributed by atoms with Gasteiger partial charge in [0.1, 0.15) is 12.1 Å². The fourth-order valence-corrected chi connectivity index (χ4v) is 3.43. The third-order valence-electron chi connectivity index (χ3n) is 4.73. The fraction of sp³-hybridized carbons (Fsp3) is 0.500. The standard InChI is InChI=1S/C18H23N3O3/c1-10(2)15-18(24)21-9-13(8-14(21)17(23)20-15)19-16(22)12-6-4-5-11(3)7-12/h4-7,10,13-15H,8-9H2,1-3H3,(H,19,22)(H,20,23)/t13-,14-,15+/m0/s1. The van der Waals surface area contributed by atoms with E-state index in [-0.39, 0.29) is 29.7 Å². The predicted molar refractivity (Wildman–Crippen MR) is 89.3 cm³/mol. The Hall–Kier alpha value is -2.37. The lowest BCUT2D eigenvalue weighted by Gasteiger charge is -2.36. The maximum absolute atomic E-state index is 12.5. The minimum atomic E-state index is -0.477. The first-order valence-corrected chi connectivity index (χ1v) is 8.35. The van der Waals surface area contributed by atoms with Crippen molar-refractivity contribution in [2.75, 3.05) is 6.54 Å². The van der Waals surface area contributed by atoms with Crippen molar-refractivity contribution >= 4 is 17.7 Å². The monoisotopic (exact) mass is 329 g/mol. The largest absolute Gasteiger partial charge is 0.347 e. The maximum Gasteiger partial charge on any atom is 0.251 e. The number of carbonyl (C=O) groups excluding carboxylic acids is 3. The van der Waals surface area contributed by atoms with Gasteiger partial charge >= 0.3 is 0 Å². The van der Waals surface area contributed by atoms with Gasteiger partial charge in [-0.25, -0.2) is 0 Å². The molecule has 0 radical (unpaired) electrons. The van der Waals surface area contributed by atoms with Gasteiger partial charge < -0.3 is 15.5 Å². The molecular formula is C18H23N3O3. The van der Waals surface area contributed by atoms with Gasteiger partial charge in [-0.2, -0.15) is 0 Å². The molecule has 3 amide bonds. The van der Waals surface area contributed by atoms with E-state index in [9.17, 15) is 14.4 Å². The molecule has 2 fully saturated rings. The second kappa shape index (κ2) is 6.26. The molecule has 2 aliphatic rings. The van der Waals surface area contributed by atoms with E-state index in [1.807, 2.05) is 39.0 Å². The Morgan fingerprint density at radius 3 is 2.75 bits per heavy atom. The number of hydrogen-bond donors (Lipinski definition) is 2. The van der Waals surface area contributed by atoms with Crippen LogP contribution in [0, 0.1) is 12.8 Å². The van der Waals surface area contributed by atoms with Gasteiger partial charge in [-0.3, -0.25) is 14.4 Å². The van der Waals surface area contributed by atoms with Crippen LogP contribution in [0.3, 0.4) is 0 Å². The van der Waals surface area contributed by atoms with Crippen LogP contribution in [0.4, 0.5) is 0 Å². The number of nitrogens with zero attached hydrogens (tertiary/aromatic N) is 1. The summed E-state index contributed by atoms with van der Waals surface area (Å²) < 4.78 is 0. The molecule has 0 aromatic heterocycles. The van der Waals surface area contributed by atoms with Crippen molar-refractivity contribution in [1.29, 1.82) is 0 Å². The van der Waals surface area contributed by atoms with Gasteiger partial charge in [-0.15, -0.1) is 0 Å². The van der Waals surface area contributed by atoms with Crippen molar-refractivity contribution in [2.24, 2.45) is 5.92 Å². The molecule has 2 aliphatic heterocycles. The highest BCUT2D eigenvalue weighted by atomic mass is 16.2. The zero-order valence-corrected chi connectivity index (χ0v) is 14.2. The number of nitrogens with one attached hydrogen (secondary N) is 2. The Bertz CT molecular complexity index is 686. The van der Waals surface area contributed by atoms with E-state index in [0.717, 1.165) is 5.56 Å². The molecule has 6 heteroatoms. The average Bonchev–Trinajstić information content (AvgIpc) is 2.95. The lowest BCUT2D eigenvalue weighted by Crippen LogP contribution is -2.62. The van der Waals surface area contributed by atoms with E-state index in [2.05, 4.69) is 10.6 Å². The Morgan fingerprint density at radius 2 is 2.08 bits per heavy atom. The fourth-order valence-electron chi connectivity index (χ4n) is 3.43. The number of fused-ring (bicyclic) bond motifs is 1. The van der Waals surface area contributed by atoms with Crippen molar-refractivity contribution in [1.82, 2.24) is 15.5 Å². The number of amides is 3. The molecule has 0 saturated carbocycles. The van der Waals surface area contributed by atoms with Gasteiger partial charge in [0, 0.05) is 18.2 Å². The third-order valence-corrected chi connectivity index (χ3v) is 4.73. The van der Waals surface area contributed by atoms with Crippen LogP contribution in [0.15, 0.2) is 24.3 Å². The van der Waals surface area contributed by atoms with Gasteiger partial charge in [0.25, 0.3) is 5.91 Å². The first-order chi connectivity index (χ1) is 11.4. The molecule has 0 spiro atoms. The quantitative estimate of drug-likeness (QED) is 0.863. The Kier molecular flexibility index (Phi) is 4.30. The first-order valence-electron chi connectivity index (χ1n) is 8.35. The summed E-state index contributed by atoms with van der Waals surface area (Å²) in [6, 6.07) is 6.20. The molecule has 24 heavy (non-hydrogen) atoms. The van der Waals surface area contributed by atoms with Crippen LogP contribution in [0.1, 0.15) is 36.2 Å². The summed E-state index contributed by atoms with van der Waals surface area (Å²) in [6.07, 6.45) is 0.458. The highest BCUT2D eigenvalue weighted by Crippen LogP contribution is 2.25. The van der Waals surface area contributed by atoms with Crippen LogP contribution < -0.4 is 10.6 Å². The summed E-state index contributed by atoms with van der Waals surface area (Å²) in [6.45, 7) is 6.14. The van der Waals surface area contributed by atoms with E-state index in [0.29, 0.717) is 18.5 Å². The molecule has 128 valence electrons. The molecule has 1 aromatic carbocycles. The van der Waals surface area contributed by atoms with E-state index in [4.69, 9.17) is 0 Å². The third kappa shape index (κ3) is 3.00. The van der Waals surface area contributed by atoms with Gasteiger partial charge in [-0.05, 0) is 31.4 Å². The number of carbonyl (C=O) groups is 3. The normalized spacial score (nSPS) is 26.3. The molecule has 3 atom stereocenters. The van der Waals surface area contributed by atoms with Crippen LogP contribution in [-0.4, -0.2) is 47.3 Å². The van der Waals surface area contributed by atoms with Gasteiger partial charge in [0.2, 0.25) is 11.8 Å². The molecule has 0 unspecified atom stereocenters. The van der Waals surface area contributed by atoms with Crippen molar-refractivity contribution in [2.45, 2.75) is 45.3 Å². The SMILES string of the molecule is Cc1cccc(C(=O)N[C@H]2C[C@H]3C(=O)N[C@H](C(C)C)C(=O)N3C2)c1. The first kappa shape index (κ1) is 16.5. The van der Waals surface area contributed by atoms with Crippen molar-refractivity contribution < 1.29 is 14.4 Å². The topological polar surface area (TPSA) is 78.5 Å². The molecule has 2 saturated heterocycles. The van der Waals surface area contributed by atoms with Crippen molar-refractivity contribution in [3.8, 4) is 0 Å². The van der Waals surface area contributed by atoms with Crippen molar-refractivity contribution in [3.05, 3.63) is 35.4 Å². The zero-order valence-electron chi connectivity index (χ0n) is 14.2. The molecule has 0 bridgehead atoms. The Labute approximate surface area is 141 Å². The summed E-state index contributed by atoms with van der Waals surface area (Å²) in [5.74, 6) is -0.303. The predicted octanol–water partition coefficient (Wildman–Crippen LogP) is 0.849. The second-order valence-electron chi connectivity index (χ2n) is 7.01. The van der Waals surface area contributed by atoms with E-state index < -0.39 is 12.1 Å².